The van der Waals surface area contributed by atoms with Gasteiger partial charge in [0.1, 0.15) is 5.75 Å². The lowest BCUT2D eigenvalue weighted by molar-refractivity contribution is 0.0782. The molecule has 3 rings (SSSR count). The number of aliphatic hydroxyl groups is 1. The maximum absolute atomic E-state index is 12.4. The SMILES string of the molecule is O=C(c1ccc(OC2CCCC2)cc1)N1CCC(CO)C1. The van der Waals surface area contributed by atoms with E-state index in [0.29, 0.717) is 18.2 Å². The summed E-state index contributed by atoms with van der Waals surface area (Å²) in [6.07, 6.45) is 6.01. The molecule has 1 unspecified atom stereocenters. The van der Waals surface area contributed by atoms with Crippen LogP contribution in [0.1, 0.15) is 42.5 Å². The van der Waals surface area contributed by atoms with Crippen molar-refractivity contribution in [1.29, 1.82) is 0 Å². The Labute approximate surface area is 125 Å². The number of carbonyl (C=O) groups excluding carboxylic acids is 1. The molecule has 114 valence electrons. The van der Waals surface area contributed by atoms with E-state index in [4.69, 9.17) is 9.84 Å². The molecular weight excluding hydrogens is 266 g/mol. The largest absolute Gasteiger partial charge is 0.490 e. The molecule has 1 saturated heterocycles. The van der Waals surface area contributed by atoms with Gasteiger partial charge in [-0.15, -0.1) is 0 Å². The highest BCUT2D eigenvalue weighted by molar-refractivity contribution is 5.94. The molecule has 1 aliphatic heterocycles. The van der Waals surface area contributed by atoms with Crippen molar-refractivity contribution in [2.75, 3.05) is 19.7 Å². The van der Waals surface area contributed by atoms with Crippen LogP contribution in [0.5, 0.6) is 5.75 Å². The third-order valence-electron chi connectivity index (χ3n) is 4.54. The van der Waals surface area contributed by atoms with Crippen LogP contribution < -0.4 is 4.74 Å². The summed E-state index contributed by atoms with van der Waals surface area (Å²) in [6, 6.07) is 7.48. The molecule has 4 nitrogen and oxygen atoms in total. The summed E-state index contributed by atoms with van der Waals surface area (Å²) in [6.45, 7) is 1.57. The smallest absolute Gasteiger partial charge is 0.253 e. The third-order valence-corrected chi connectivity index (χ3v) is 4.54. The van der Waals surface area contributed by atoms with E-state index < -0.39 is 0 Å². The molecule has 21 heavy (non-hydrogen) atoms. The molecule has 0 spiro atoms. The van der Waals surface area contributed by atoms with E-state index >= 15 is 0 Å². The topological polar surface area (TPSA) is 49.8 Å². The number of hydrogen-bond acceptors (Lipinski definition) is 3. The van der Waals surface area contributed by atoms with Gasteiger partial charge in [0.25, 0.3) is 5.91 Å². The first-order valence-electron chi connectivity index (χ1n) is 7.93. The fourth-order valence-corrected chi connectivity index (χ4v) is 3.22. The highest BCUT2D eigenvalue weighted by Gasteiger charge is 2.26. The Balaban J connectivity index is 1.59. The zero-order valence-corrected chi connectivity index (χ0v) is 12.3. The molecule has 0 bridgehead atoms. The molecule has 1 aromatic carbocycles. The highest BCUT2D eigenvalue weighted by atomic mass is 16.5. The van der Waals surface area contributed by atoms with Crippen LogP contribution in [0.4, 0.5) is 0 Å². The first-order chi connectivity index (χ1) is 10.3. The van der Waals surface area contributed by atoms with Gasteiger partial charge in [-0.05, 0) is 56.4 Å². The lowest BCUT2D eigenvalue weighted by Gasteiger charge is -2.17. The second kappa shape index (κ2) is 6.48. The minimum atomic E-state index is 0.0540. The monoisotopic (exact) mass is 289 g/mol. The number of amides is 1. The summed E-state index contributed by atoms with van der Waals surface area (Å²) >= 11 is 0. The number of aliphatic hydroxyl groups excluding tert-OH is 1. The Bertz CT molecular complexity index is 479. The Hall–Kier alpha value is -1.55. The lowest BCUT2D eigenvalue weighted by Crippen LogP contribution is -2.29. The Morgan fingerprint density at radius 3 is 2.52 bits per heavy atom. The van der Waals surface area contributed by atoms with Gasteiger partial charge in [0.15, 0.2) is 0 Å². The number of benzene rings is 1. The predicted octanol–water partition coefficient (Wildman–Crippen LogP) is 2.46. The molecule has 1 N–H and O–H groups in total. The van der Waals surface area contributed by atoms with Crippen LogP contribution in [0.25, 0.3) is 0 Å². The molecule has 1 heterocycles. The molecule has 1 aliphatic carbocycles. The first-order valence-corrected chi connectivity index (χ1v) is 7.93. The summed E-state index contributed by atoms with van der Waals surface area (Å²) in [4.78, 5) is 14.2. The summed E-state index contributed by atoms with van der Waals surface area (Å²) in [5, 5.41) is 9.15. The summed E-state index contributed by atoms with van der Waals surface area (Å²) in [5.41, 5.74) is 0.701. The van der Waals surface area contributed by atoms with Gasteiger partial charge in [0, 0.05) is 31.2 Å². The molecule has 1 amide bonds. The van der Waals surface area contributed by atoms with Gasteiger partial charge in [0.2, 0.25) is 0 Å². The summed E-state index contributed by atoms with van der Waals surface area (Å²) in [7, 11) is 0. The van der Waals surface area contributed by atoms with Gasteiger partial charge in [-0.3, -0.25) is 4.79 Å². The predicted molar refractivity (Wildman–Crippen MR) is 80.4 cm³/mol. The molecule has 0 radical (unpaired) electrons. The average Bonchev–Trinajstić information content (AvgIpc) is 3.18. The van der Waals surface area contributed by atoms with E-state index in [1.807, 2.05) is 29.2 Å². The van der Waals surface area contributed by atoms with Gasteiger partial charge in [-0.1, -0.05) is 0 Å². The van der Waals surface area contributed by atoms with Gasteiger partial charge in [-0.25, -0.2) is 0 Å². The Morgan fingerprint density at radius 2 is 1.90 bits per heavy atom. The van der Waals surface area contributed by atoms with E-state index in [0.717, 1.165) is 31.6 Å². The van der Waals surface area contributed by atoms with Gasteiger partial charge in [0.05, 0.1) is 6.10 Å². The molecule has 1 aromatic rings. The van der Waals surface area contributed by atoms with Crippen LogP contribution in [0.3, 0.4) is 0 Å². The van der Waals surface area contributed by atoms with Crippen molar-refractivity contribution in [3.05, 3.63) is 29.8 Å². The van der Waals surface area contributed by atoms with Crippen molar-refractivity contribution < 1.29 is 14.6 Å². The Morgan fingerprint density at radius 1 is 1.19 bits per heavy atom. The van der Waals surface area contributed by atoms with E-state index in [2.05, 4.69) is 0 Å². The van der Waals surface area contributed by atoms with E-state index in [9.17, 15) is 4.79 Å². The van der Waals surface area contributed by atoms with Crippen LogP contribution in [-0.4, -0.2) is 41.7 Å². The zero-order valence-electron chi connectivity index (χ0n) is 12.3. The fourth-order valence-electron chi connectivity index (χ4n) is 3.22. The zero-order chi connectivity index (χ0) is 14.7. The van der Waals surface area contributed by atoms with Gasteiger partial charge in [-0.2, -0.15) is 0 Å². The normalized spacial score (nSPS) is 22.7. The van der Waals surface area contributed by atoms with Crippen LogP contribution >= 0.6 is 0 Å². The fraction of sp³-hybridized carbons (Fsp3) is 0.588. The van der Waals surface area contributed by atoms with Crippen molar-refractivity contribution in [2.45, 2.75) is 38.2 Å². The summed E-state index contributed by atoms with van der Waals surface area (Å²) < 4.78 is 5.91. The molecule has 0 aromatic heterocycles. The number of ether oxygens (including phenoxy) is 1. The molecule has 2 fully saturated rings. The van der Waals surface area contributed by atoms with Crippen molar-refractivity contribution in [3.8, 4) is 5.75 Å². The lowest BCUT2D eigenvalue weighted by atomic mass is 10.1. The first kappa shape index (κ1) is 14.4. The minimum absolute atomic E-state index is 0.0540. The van der Waals surface area contributed by atoms with Crippen molar-refractivity contribution in [1.82, 2.24) is 4.90 Å². The number of nitrogens with zero attached hydrogens (tertiary/aromatic N) is 1. The van der Waals surface area contributed by atoms with Gasteiger partial charge >= 0.3 is 0 Å². The molecule has 1 saturated carbocycles. The van der Waals surface area contributed by atoms with Gasteiger partial charge < -0.3 is 14.7 Å². The van der Waals surface area contributed by atoms with Crippen LogP contribution in [0.15, 0.2) is 24.3 Å². The Kier molecular flexibility index (Phi) is 4.44. The second-order valence-corrected chi connectivity index (χ2v) is 6.14. The van der Waals surface area contributed by atoms with Crippen LogP contribution in [0.2, 0.25) is 0 Å². The van der Waals surface area contributed by atoms with Crippen molar-refractivity contribution in [3.63, 3.8) is 0 Å². The number of carbonyl (C=O) groups is 1. The maximum atomic E-state index is 12.4. The minimum Gasteiger partial charge on any atom is -0.490 e. The van der Waals surface area contributed by atoms with Crippen molar-refractivity contribution in [2.24, 2.45) is 5.92 Å². The maximum Gasteiger partial charge on any atom is 0.253 e. The molecule has 1 atom stereocenters. The quantitative estimate of drug-likeness (QED) is 0.926. The third kappa shape index (κ3) is 3.38. The molecule has 4 heteroatoms. The average molecular weight is 289 g/mol. The van der Waals surface area contributed by atoms with Crippen molar-refractivity contribution >= 4 is 5.91 Å². The number of hydrogen-bond donors (Lipinski definition) is 1. The highest BCUT2D eigenvalue weighted by Crippen LogP contribution is 2.25. The standard InChI is InChI=1S/C17H23NO3/c19-12-13-9-10-18(11-13)17(20)14-5-7-16(8-6-14)21-15-3-1-2-4-15/h5-8,13,15,19H,1-4,9-12H2. The molecule has 2 aliphatic rings. The second-order valence-electron chi connectivity index (χ2n) is 6.14. The van der Waals surface area contributed by atoms with E-state index in [-0.39, 0.29) is 18.4 Å². The summed E-state index contributed by atoms with van der Waals surface area (Å²) in [5.74, 6) is 1.14. The number of rotatable bonds is 4. The molecular formula is C17H23NO3. The van der Waals surface area contributed by atoms with E-state index in [1.165, 1.54) is 12.8 Å². The number of likely N-dealkylation sites (tertiary alicyclic amines) is 1. The van der Waals surface area contributed by atoms with E-state index in [1.54, 1.807) is 0 Å². The van der Waals surface area contributed by atoms with Crippen LogP contribution in [0, 0.1) is 5.92 Å². The van der Waals surface area contributed by atoms with Crippen LogP contribution in [-0.2, 0) is 0 Å².